The highest BCUT2D eigenvalue weighted by Gasteiger charge is 2.15. The van der Waals surface area contributed by atoms with Crippen LogP contribution in [0.5, 0.6) is 5.75 Å². The standard InChI is InChI=1S/C17H16N2O2/c1-12-6-3-4-9-16(12)21-13(2)17(20)19-15-8-5-7-14(10-15)11-18/h3-10,13H,1-2H3,(H,19,20)/t13-/m0/s1. The lowest BCUT2D eigenvalue weighted by atomic mass is 10.2. The maximum atomic E-state index is 12.1. The van der Waals surface area contributed by atoms with E-state index in [1.165, 1.54) is 0 Å². The zero-order valence-corrected chi connectivity index (χ0v) is 12.0. The number of nitrogens with zero attached hydrogens (tertiary/aromatic N) is 1. The van der Waals surface area contributed by atoms with Crippen molar-refractivity contribution in [3.05, 3.63) is 59.7 Å². The summed E-state index contributed by atoms with van der Waals surface area (Å²) in [6, 6.07) is 16.3. The number of anilines is 1. The van der Waals surface area contributed by atoms with Crippen LogP contribution in [0.1, 0.15) is 18.1 Å². The first-order chi connectivity index (χ1) is 10.1. The van der Waals surface area contributed by atoms with Gasteiger partial charge in [0.1, 0.15) is 5.75 Å². The van der Waals surface area contributed by atoms with Crippen LogP contribution in [0.15, 0.2) is 48.5 Å². The van der Waals surface area contributed by atoms with Crippen molar-refractivity contribution in [2.24, 2.45) is 0 Å². The summed E-state index contributed by atoms with van der Waals surface area (Å²) in [5.74, 6) is 0.430. The summed E-state index contributed by atoms with van der Waals surface area (Å²) in [6.45, 7) is 3.62. The summed E-state index contributed by atoms with van der Waals surface area (Å²) in [6.07, 6.45) is -0.628. The first-order valence-electron chi connectivity index (χ1n) is 6.63. The molecule has 1 amide bonds. The van der Waals surface area contributed by atoms with E-state index in [1.54, 1.807) is 31.2 Å². The van der Waals surface area contributed by atoms with Gasteiger partial charge in [-0.2, -0.15) is 5.26 Å². The lowest BCUT2D eigenvalue weighted by molar-refractivity contribution is -0.122. The second-order valence-corrected chi connectivity index (χ2v) is 4.71. The molecule has 0 heterocycles. The Kier molecular flexibility index (Phi) is 4.57. The molecule has 0 saturated carbocycles. The molecule has 0 aliphatic carbocycles. The van der Waals surface area contributed by atoms with Crippen LogP contribution in [0.2, 0.25) is 0 Å². The number of benzene rings is 2. The maximum absolute atomic E-state index is 12.1. The van der Waals surface area contributed by atoms with Crippen molar-refractivity contribution in [1.82, 2.24) is 0 Å². The van der Waals surface area contributed by atoms with Gasteiger partial charge in [0.25, 0.3) is 5.91 Å². The molecule has 106 valence electrons. The van der Waals surface area contributed by atoms with E-state index in [4.69, 9.17) is 10.00 Å². The van der Waals surface area contributed by atoms with E-state index in [-0.39, 0.29) is 5.91 Å². The first kappa shape index (κ1) is 14.6. The summed E-state index contributed by atoms with van der Waals surface area (Å²) in [4.78, 5) is 12.1. The fraction of sp³-hybridized carbons (Fsp3) is 0.176. The molecule has 4 nitrogen and oxygen atoms in total. The maximum Gasteiger partial charge on any atom is 0.265 e. The van der Waals surface area contributed by atoms with Crippen LogP contribution in [0.25, 0.3) is 0 Å². The number of hydrogen-bond acceptors (Lipinski definition) is 3. The number of amides is 1. The van der Waals surface area contributed by atoms with Gasteiger partial charge in [0.2, 0.25) is 0 Å². The molecule has 2 rings (SSSR count). The van der Waals surface area contributed by atoms with Crippen molar-refractivity contribution in [2.75, 3.05) is 5.32 Å². The van der Waals surface area contributed by atoms with Crippen LogP contribution >= 0.6 is 0 Å². The predicted octanol–water partition coefficient (Wildman–Crippen LogP) is 3.27. The van der Waals surface area contributed by atoms with Crippen molar-refractivity contribution in [3.63, 3.8) is 0 Å². The predicted molar refractivity (Wildman–Crippen MR) is 81.1 cm³/mol. The van der Waals surface area contributed by atoms with Crippen molar-refractivity contribution in [1.29, 1.82) is 5.26 Å². The number of hydrogen-bond donors (Lipinski definition) is 1. The van der Waals surface area contributed by atoms with Gasteiger partial charge in [-0.05, 0) is 43.7 Å². The average molecular weight is 280 g/mol. The molecule has 0 aromatic heterocycles. The van der Waals surface area contributed by atoms with Crippen LogP contribution in [-0.4, -0.2) is 12.0 Å². The molecule has 0 bridgehead atoms. The van der Waals surface area contributed by atoms with Crippen molar-refractivity contribution in [2.45, 2.75) is 20.0 Å². The average Bonchev–Trinajstić information content (AvgIpc) is 2.49. The molecule has 0 aliphatic heterocycles. The van der Waals surface area contributed by atoms with Gasteiger partial charge in [-0.3, -0.25) is 4.79 Å². The van der Waals surface area contributed by atoms with Crippen LogP contribution in [-0.2, 0) is 4.79 Å². The third kappa shape index (κ3) is 3.83. The zero-order valence-electron chi connectivity index (χ0n) is 12.0. The molecule has 0 aliphatic rings. The smallest absolute Gasteiger partial charge is 0.265 e. The van der Waals surface area contributed by atoms with E-state index in [0.29, 0.717) is 17.0 Å². The van der Waals surface area contributed by atoms with Crippen LogP contribution in [0, 0.1) is 18.3 Å². The van der Waals surface area contributed by atoms with Gasteiger partial charge in [0.05, 0.1) is 11.6 Å². The Morgan fingerprint density at radius 1 is 1.24 bits per heavy atom. The molecule has 0 fully saturated rings. The molecule has 0 spiro atoms. The number of para-hydroxylation sites is 1. The number of nitriles is 1. The molecular formula is C17H16N2O2. The van der Waals surface area contributed by atoms with Crippen LogP contribution in [0.4, 0.5) is 5.69 Å². The quantitative estimate of drug-likeness (QED) is 0.935. The third-order valence-electron chi connectivity index (χ3n) is 3.03. The molecule has 4 heteroatoms. The number of carbonyl (C=O) groups excluding carboxylic acids is 1. The molecule has 2 aromatic carbocycles. The van der Waals surface area contributed by atoms with E-state index < -0.39 is 6.10 Å². The minimum atomic E-state index is -0.628. The van der Waals surface area contributed by atoms with Gasteiger partial charge in [-0.25, -0.2) is 0 Å². The highest BCUT2D eigenvalue weighted by atomic mass is 16.5. The topological polar surface area (TPSA) is 62.1 Å². The van der Waals surface area contributed by atoms with Crippen molar-refractivity contribution in [3.8, 4) is 11.8 Å². The van der Waals surface area contributed by atoms with Gasteiger partial charge in [-0.15, -0.1) is 0 Å². The Morgan fingerprint density at radius 2 is 2.00 bits per heavy atom. The van der Waals surface area contributed by atoms with Crippen molar-refractivity contribution >= 4 is 11.6 Å². The summed E-state index contributed by atoms with van der Waals surface area (Å²) >= 11 is 0. The SMILES string of the molecule is Cc1ccccc1O[C@@H](C)C(=O)Nc1cccc(C#N)c1. The van der Waals surface area contributed by atoms with E-state index >= 15 is 0 Å². The number of carbonyl (C=O) groups is 1. The van der Waals surface area contributed by atoms with Gasteiger partial charge < -0.3 is 10.1 Å². The van der Waals surface area contributed by atoms with E-state index in [2.05, 4.69) is 5.32 Å². The lowest BCUT2D eigenvalue weighted by Gasteiger charge is -2.16. The first-order valence-corrected chi connectivity index (χ1v) is 6.63. The zero-order chi connectivity index (χ0) is 15.2. The Morgan fingerprint density at radius 3 is 2.71 bits per heavy atom. The number of nitrogens with one attached hydrogen (secondary N) is 1. The molecule has 1 N–H and O–H groups in total. The highest BCUT2D eigenvalue weighted by molar-refractivity contribution is 5.94. The molecule has 0 saturated heterocycles. The largest absolute Gasteiger partial charge is 0.481 e. The highest BCUT2D eigenvalue weighted by Crippen LogP contribution is 2.18. The van der Waals surface area contributed by atoms with E-state index in [0.717, 1.165) is 5.56 Å². The Labute approximate surface area is 124 Å². The molecule has 2 aromatic rings. The van der Waals surface area contributed by atoms with Gasteiger partial charge in [0, 0.05) is 5.69 Å². The fourth-order valence-electron chi connectivity index (χ4n) is 1.84. The van der Waals surface area contributed by atoms with E-state index in [9.17, 15) is 4.79 Å². The Bertz CT molecular complexity index is 689. The van der Waals surface area contributed by atoms with Crippen molar-refractivity contribution < 1.29 is 9.53 Å². The summed E-state index contributed by atoms with van der Waals surface area (Å²) < 4.78 is 5.66. The third-order valence-corrected chi connectivity index (χ3v) is 3.03. The Hall–Kier alpha value is -2.80. The number of aryl methyl sites for hydroxylation is 1. The fourth-order valence-corrected chi connectivity index (χ4v) is 1.84. The minimum Gasteiger partial charge on any atom is -0.481 e. The van der Waals surface area contributed by atoms with Gasteiger partial charge >= 0.3 is 0 Å². The Balaban J connectivity index is 2.03. The van der Waals surface area contributed by atoms with Gasteiger partial charge in [-0.1, -0.05) is 24.3 Å². The molecule has 0 unspecified atom stereocenters. The lowest BCUT2D eigenvalue weighted by Crippen LogP contribution is -2.30. The van der Waals surface area contributed by atoms with E-state index in [1.807, 2.05) is 37.3 Å². The number of ether oxygens (including phenoxy) is 1. The monoisotopic (exact) mass is 280 g/mol. The summed E-state index contributed by atoms with van der Waals surface area (Å²) in [5.41, 5.74) is 2.06. The second kappa shape index (κ2) is 6.58. The van der Waals surface area contributed by atoms with Crippen LogP contribution < -0.4 is 10.1 Å². The number of rotatable bonds is 4. The molecule has 0 radical (unpaired) electrons. The molecular weight excluding hydrogens is 264 g/mol. The van der Waals surface area contributed by atoms with Crippen LogP contribution in [0.3, 0.4) is 0 Å². The normalized spacial score (nSPS) is 11.3. The summed E-state index contributed by atoms with van der Waals surface area (Å²) in [5, 5.41) is 11.6. The van der Waals surface area contributed by atoms with Gasteiger partial charge in [0.15, 0.2) is 6.10 Å². The molecule has 21 heavy (non-hydrogen) atoms. The summed E-state index contributed by atoms with van der Waals surface area (Å²) in [7, 11) is 0. The minimum absolute atomic E-state index is 0.256. The molecule has 1 atom stereocenters. The second-order valence-electron chi connectivity index (χ2n) is 4.71.